The average molecular weight is 564 g/mol. The van der Waals surface area contributed by atoms with E-state index < -0.39 is 47.9 Å². The van der Waals surface area contributed by atoms with Gasteiger partial charge in [0.1, 0.15) is 18.1 Å². The van der Waals surface area contributed by atoms with Crippen molar-refractivity contribution in [3.05, 3.63) is 36.0 Å². The number of hydrogen-bond donors (Lipinski definition) is 9. The van der Waals surface area contributed by atoms with Crippen molar-refractivity contribution >= 4 is 47.2 Å². The molecular weight excluding hydrogens is 522 g/mol. The van der Waals surface area contributed by atoms with Gasteiger partial charge in [-0.1, -0.05) is 18.2 Å². The van der Waals surface area contributed by atoms with Crippen LogP contribution in [0.25, 0.3) is 10.9 Å². The molecule has 1 aromatic carbocycles. The first-order valence-corrected chi connectivity index (χ1v) is 13.8. The van der Waals surface area contributed by atoms with E-state index in [1.807, 2.05) is 30.5 Å². The second kappa shape index (κ2) is 16.7. The number of para-hydroxylation sites is 1. The summed E-state index contributed by atoms with van der Waals surface area (Å²) in [6, 6.07) is 3.58. The van der Waals surface area contributed by atoms with Crippen molar-refractivity contribution in [2.45, 2.75) is 69.1 Å². The number of H-pyrrole nitrogens is 1. The number of carboxylic acid groups (broad SMARTS) is 1. The van der Waals surface area contributed by atoms with Gasteiger partial charge in [-0.2, -0.15) is 12.6 Å². The van der Waals surface area contributed by atoms with E-state index in [0.29, 0.717) is 45.2 Å². The Kier molecular flexibility index (Phi) is 13.8. The average Bonchev–Trinajstić information content (AvgIpc) is 3.32. The van der Waals surface area contributed by atoms with Gasteiger partial charge in [0.25, 0.3) is 0 Å². The number of benzene rings is 1. The number of carboxylic acids is 1. The van der Waals surface area contributed by atoms with Crippen molar-refractivity contribution in [2.24, 2.45) is 17.2 Å². The van der Waals surface area contributed by atoms with E-state index >= 15 is 0 Å². The summed E-state index contributed by atoms with van der Waals surface area (Å²) in [5.74, 6) is -3.06. The van der Waals surface area contributed by atoms with Crippen LogP contribution in [-0.4, -0.2) is 76.8 Å². The van der Waals surface area contributed by atoms with Crippen molar-refractivity contribution in [1.82, 2.24) is 20.9 Å². The van der Waals surface area contributed by atoms with Crippen molar-refractivity contribution in [3.8, 4) is 0 Å². The zero-order valence-corrected chi connectivity index (χ0v) is 22.9. The highest BCUT2D eigenvalue weighted by Gasteiger charge is 2.30. The molecule has 0 saturated heterocycles. The van der Waals surface area contributed by atoms with Crippen molar-refractivity contribution in [3.63, 3.8) is 0 Å². The number of aromatic nitrogens is 1. The van der Waals surface area contributed by atoms with Gasteiger partial charge in [-0.05, 0) is 69.7 Å². The summed E-state index contributed by atoms with van der Waals surface area (Å²) < 4.78 is 0. The third-order valence-electron chi connectivity index (χ3n) is 6.41. The maximum Gasteiger partial charge on any atom is 0.327 e. The van der Waals surface area contributed by atoms with Gasteiger partial charge in [0.05, 0.1) is 6.04 Å². The second-order valence-electron chi connectivity index (χ2n) is 9.44. The number of carbonyl (C=O) groups is 4. The summed E-state index contributed by atoms with van der Waals surface area (Å²) in [5.41, 5.74) is 19.2. The van der Waals surface area contributed by atoms with E-state index in [9.17, 15) is 24.3 Å². The molecule has 11 N–H and O–H groups in total. The smallest absolute Gasteiger partial charge is 0.327 e. The highest BCUT2D eigenvalue weighted by molar-refractivity contribution is 7.80. The zero-order valence-electron chi connectivity index (χ0n) is 22.0. The van der Waals surface area contributed by atoms with Crippen LogP contribution in [0.15, 0.2) is 30.5 Å². The molecule has 216 valence electrons. The Labute approximate surface area is 233 Å². The van der Waals surface area contributed by atoms with Crippen LogP contribution in [0.3, 0.4) is 0 Å². The fraction of sp³-hybridized carbons (Fsp3) is 0.538. The number of aromatic amines is 1. The lowest BCUT2D eigenvalue weighted by atomic mass is 10.0. The Morgan fingerprint density at radius 2 is 1.38 bits per heavy atom. The molecule has 0 fully saturated rings. The fourth-order valence-electron chi connectivity index (χ4n) is 4.16. The molecular formula is C26H41N7O5S. The van der Waals surface area contributed by atoms with E-state index in [0.717, 1.165) is 16.5 Å². The molecule has 0 aliphatic rings. The summed E-state index contributed by atoms with van der Waals surface area (Å²) in [4.78, 5) is 53.7. The topological polar surface area (TPSA) is 218 Å². The molecule has 4 atom stereocenters. The number of nitrogens with two attached hydrogens (primary N) is 3. The van der Waals surface area contributed by atoms with Crippen molar-refractivity contribution < 1.29 is 24.3 Å². The molecule has 0 aliphatic carbocycles. The fourth-order valence-corrected chi connectivity index (χ4v) is 4.41. The molecule has 2 aromatic rings. The van der Waals surface area contributed by atoms with Gasteiger partial charge >= 0.3 is 5.97 Å². The first-order valence-electron chi connectivity index (χ1n) is 13.2. The SMILES string of the molecule is NCCCCC(NC(=O)C(N)Cc1c[nH]c2ccccc12)C(=O)NC(CCCCN)C(=O)NC(CS)C(=O)O. The molecule has 13 heteroatoms. The van der Waals surface area contributed by atoms with E-state index in [2.05, 4.69) is 33.6 Å². The molecule has 0 aliphatic heterocycles. The van der Waals surface area contributed by atoms with Crippen LogP contribution in [0.4, 0.5) is 0 Å². The summed E-state index contributed by atoms with van der Waals surface area (Å²) >= 11 is 3.97. The normalized spacial score (nSPS) is 14.3. The van der Waals surface area contributed by atoms with Gasteiger partial charge in [-0.3, -0.25) is 14.4 Å². The van der Waals surface area contributed by atoms with Crippen LogP contribution in [-0.2, 0) is 25.6 Å². The maximum absolute atomic E-state index is 13.3. The van der Waals surface area contributed by atoms with Crippen LogP contribution in [0.5, 0.6) is 0 Å². The Morgan fingerprint density at radius 3 is 1.92 bits per heavy atom. The predicted molar refractivity (Wildman–Crippen MR) is 153 cm³/mol. The first kappa shape index (κ1) is 32.1. The minimum atomic E-state index is -1.23. The van der Waals surface area contributed by atoms with Crippen molar-refractivity contribution in [2.75, 3.05) is 18.8 Å². The van der Waals surface area contributed by atoms with Crippen LogP contribution >= 0.6 is 12.6 Å². The van der Waals surface area contributed by atoms with Gasteiger partial charge in [-0.25, -0.2) is 4.79 Å². The molecule has 39 heavy (non-hydrogen) atoms. The van der Waals surface area contributed by atoms with Gasteiger partial charge in [0.15, 0.2) is 0 Å². The Bertz CT molecular complexity index is 1100. The third-order valence-corrected chi connectivity index (χ3v) is 6.77. The summed E-state index contributed by atoms with van der Waals surface area (Å²) in [6.45, 7) is 0.829. The third kappa shape index (κ3) is 10.2. The summed E-state index contributed by atoms with van der Waals surface area (Å²) in [5, 5.41) is 18.1. The van der Waals surface area contributed by atoms with E-state index in [1.54, 1.807) is 0 Å². The molecule has 3 amide bonds. The number of hydrogen-bond acceptors (Lipinski definition) is 8. The van der Waals surface area contributed by atoms with Gasteiger partial charge in [0, 0.05) is 22.9 Å². The minimum absolute atomic E-state index is 0.114. The number of aliphatic carboxylic acids is 1. The number of carbonyl (C=O) groups excluding carboxylic acids is 3. The molecule has 0 saturated carbocycles. The second-order valence-corrected chi connectivity index (χ2v) is 9.81. The number of rotatable bonds is 18. The molecule has 0 spiro atoms. The standard InChI is InChI=1S/C26H41N7O5S/c27-11-5-3-9-20(31-23(34)18(29)13-16-14-30-19-8-2-1-7-17(16)19)24(35)32-21(10-4-6-12-28)25(36)33-22(15-39)26(37)38/h1-2,7-8,14,18,20-22,30,39H,3-6,9-13,15,27-29H2,(H,31,34)(H,32,35)(H,33,36)(H,37,38). The van der Waals surface area contributed by atoms with Crippen LogP contribution in [0, 0.1) is 0 Å². The number of thiol groups is 1. The Hall–Kier alpha value is -3.13. The summed E-state index contributed by atoms with van der Waals surface area (Å²) in [6.07, 6.45) is 4.97. The van der Waals surface area contributed by atoms with E-state index in [-0.39, 0.29) is 18.6 Å². The predicted octanol–water partition coefficient (Wildman–Crippen LogP) is -0.235. The molecule has 1 heterocycles. The Balaban J connectivity index is 2.12. The van der Waals surface area contributed by atoms with E-state index in [4.69, 9.17) is 17.2 Å². The zero-order chi connectivity index (χ0) is 28.8. The Morgan fingerprint density at radius 1 is 0.846 bits per heavy atom. The molecule has 12 nitrogen and oxygen atoms in total. The minimum Gasteiger partial charge on any atom is -0.480 e. The largest absolute Gasteiger partial charge is 0.480 e. The van der Waals surface area contributed by atoms with Gasteiger partial charge in [-0.15, -0.1) is 0 Å². The first-order chi connectivity index (χ1) is 18.7. The molecule has 2 rings (SSSR count). The summed E-state index contributed by atoms with van der Waals surface area (Å²) in [7, 11) is 0. The highest BCUT2D eigenvalue weighted by Crippen LogP contribution is 2.19. The quantitative estimate of drug-likeness (QED) is 0.0868. The van der Waals surface area contributed by atoms with Crippen LogP contribution < -0.4 is 33.2 Å². The number of amides is 3. The highest BCUT2D eigenvalue weighted by atomic mass is 32.1. The van der Waals surface area contributed by atoms with E-state index in [1.165, 1.54) is 0 Å². The van der Waals surface area contributed by atoms with Gasteiger partial charge < -0.3 is 43.2 Å². The van der Waals surface area contributed by atoms with Crippen LogP contribution in [0.2, 0.25) is 0 Å². The molecule has 0 bridgehead atoms. The number of nitrogens with one attached hydrogen (secondary N) is 4. The molecule has 0 radical (unpaired) electrons. The monoisotopic (exact) mass is 563 g/mol. The van der Waals surface area contributed by atoms with Gasteiger partial charge in [0.2, 0.25) is 17.7 Å². The molecule has 4 unspecified atom stereocenters. The molecule has 1 aromatic heterocycles. The van der Waals surface area contributed by atoms with Crippen molar-refractivity contribution in [1.29, 1.82) is 0 Å². The lowest BCUT2D eigenvalue weighted by Crippen LogP contribution is -2.57. The lowest BCUT2D eigenvalue weighted by molar-refractivity contribution is -0.141. The lowest BCUT2D eigenvalue weighted by Gasteiger charge is -2.25. The van der Waals surface area contributed by atoms with Crippen LogP contribution in [0.1, 0.15) is 44.1 Å². The number of unbranched alkanes of at least 4 members (excludes halogenated alkanes) is 2. The number of fused-ring (bicyclic) bond motifs is 1. The maximum atomic E-state index is 13.3.